The number of aryl methyl sites for hydroxylation is 2. The first kappa shape index (κ1) is 19.3. The number of H-pyrrole nitrogens is 1. The lowest BCUT2D eigenvalue weighted by Gasteiger charge is -2.10. The number of hydrogen-bond donors (Lipinski definition) is 1. The fourth-order valence-electron chi connectivity index (χ4n) is 2.93. The Labute approximate surface area is 176 Å². The highest BCUT2D eigenvalue weighted by Gasteiger charge is 2.14. The predicted octanol–water partition coefficient (Wildman–Crippen LogP) is 4.57. The van der Waals surface area contributed by atoms with Crippen molar-refractivity contribution in [3.8, 4) is 11.4 Å². The Bertz CT molecular complexity index is 1310. The van der Waals surface area contributed by atoms with Crippen molar-refractivity contribution in [1.29, 1.82) is 0 Å². The third kappa shape index (κ3) is 3.79. The van der Waals surface area contributed by atoms with E-state index in [9.17, 15) is 4.79 Å². The average Bonchev–Trinajstić information content (AvgIpc) is 3.16. The van der Waals surface area contributed by atoms with Gasteiger partial charge in [0.1, 0.15) is 5.65 Å². The lowest BCUT2D eigenvalue weighted by Crippen LogP contribution is -2.13. The maximum atomic E-state index is 13.0. The second kappa shape index (κ2) is 7.77. The zero-order valence-electron chi connectivity index (χ0n) is 15.6. The van der Waals surface area contributed by atoms with Crippen LogP contribution in [-0.4, -0.2) is 30.9 Å². The smallest absolute Gasteiger partial charge is 0.268 e. The van der Waals surface area contributed by atoms with Crippen molar-refractivity contribution in [3.05, 3.63) is 68.1 Å². The summed E-state index contributed by atoms with van der Waals surface area (Å²) in [5, 5.41) is 8.41. The average molecular weight is 427 g/mol. The summed E-state index contributed by atoms with van der Waals surface area (Å²) in [7, 11) is 0. The molecule has 1 aromatic carbocycles. The summed E-state index contributed by atoms with van der Waals surface area (Å²) in [6.07, 6.45) is 3.28. The number of aliphatic imine (C=N–C) groups is 1. The molecule has 3 heterocycles. The Morgan fingerprint density at radius 3 is 2.79 bits per heavy atom. The number of fused-ring (bicyclic) bond motifs is 1. The zero-order chi connectivity index (χ0) is 20.5. The molecule has 0 aliphatic heterocycles. The van der Waals surface area contributed by atoms with Crippen molar-refractivity contribution in [3.63, 3.8) is 0 Å². The summed E-state index contributed by atoms with van der Waals surface area (Å²) in [5.41, 5.74) is 2.43. The highest BCUT2D eigenvalue weighted by molar-refractivity contribution is 6.36. The molecule has 0 saturated heterocycles. The number of nitrogens with one attached hydrogen (secondary N) is 1. The lowest BCUT2D eigenvalue weighted by atomic mass is 10.1. The number of nitrogens with zero attached hydrogens (tertiary/aromatic N) is 5. The first-order valence-corrected chi connectivity index (χ1v) is 9.64. The zero-order valence-corrected chi connectivity index (χ0v) is 17.2. The Kier molecular flexibility index (Phi) is 5.17. The van der Waals surface area contributed by atoms with Gasteiger partial charge in [0.25, 0.3) is 5.95 Å². The number of aromatic amines is 1. The molecule has 29 heavy (non-hydrogen) atoms. The minimum Gasteiger partial charge on any atom is -0.332 e. The number of rotatable bonds is 4. The third-order valence-corrected chi connectivity index (χ3v) is 4.97. The van der Waals surface area contributed by atoms with Crippen LogP contribution in [0.5, 0.6) is 0 Å². The SMILES string of the molecule is CCn1cc(-c2nc(/N=C/c3ccc(Cl)cc3Cl)n[nH]2)c(=O)c2ccc(C)nc21. The van der Waals surface area contributed by atoms with Crippen molar-refractivity contribution < 1.29 is 0 Å². The summed E-state index contributed by atoms with van der Waals surface area (Å²) in [4.78, 5) is 26.0. The van der Waals surface area contributed by atoms with Crippen molar-refractivity contribution >= 4 is 46.4 Å². The number of benzene rings is 1. The second-order valence-electron chi connectivity index (χ2n) is 6.39. The summed E-state index contributed by atoms with van der Waals surface area (Å²) < 4.78 is 1.91. The number of pyridine rings is 2. The van der Waals surface area contributed by atoms with E-state index in [1.54, 1.807) is 36.7 Å². The minimum absolute atomic E-state index is 0.162. The Morgan fingerprint density at radius 2 is 2.03 bits per heavy atom. The van der Waals surface area contributed by atoms with E-state index in [1.807, 2.05) is 24.5 Å². The van der Waals surface area contributed by atoms with Crippen LogP contribution >= 0.6 is 23.2 Å². The second-order valence-corrected chi connectivity index (χ2v) is 7.23. The molecule has 0 fully saturated rings. The van der Waals surface area contributed by atoms with E-state index in [-0.39, 0.29) is 11.4 Å². The maximum Gasteiger partial charge on any atom is 0.268 e. The van der Waals surface area contributed by atoms with E-state index in [0.29, 0.717) is 44.6 Å². The maximum absolute atomic E-state index is 13.0. The number of aromatic nitrogens is 5. The van der Waals surface area contributed by atoms with Gasteiger partial charge in [0, 0.05) is 35.2 Å². The van der Waals surface area contributed by atoms with Crippen LogP contribution in [0.3, 0.4) is 0 Å². The van der Waals surface area contributed by atoms with Gasteiger partial charge in [0.2, 0.25) is 5.43 Å². The molecule has 0 unspecified atom stereocenters. The Balaban J connectivity index is 1.73. The fourth-order valence-corrected chi connectivity index (χ4v) is 3.39. The molecular formula is C20H16Cl2N6O. The van der Waals surface area contributed by atoms with Crippen LogP contribution in [0.1, 0.15) is 18.2 Å². The highest BCUT2D eigenvalue weighted by atomic mass is 35.5. The van der Waals surface area contributed by atoms with Gasteiger partial charge in [-0.3, -0.25) is 9.89 Å². The molecule has 0 aliphatic rings. The predicted molar refractivity (Wildman–Crippen MR) is 116 cm³/mol. The van der Waals surface area contributed by atoms with Crippen LogP contribution in [0.15, 0.2) is 46.3 Å². The normalized spacial score (nSPS) is 11.6. The van der Waals surface area contributed by atoms with Crippen LogP contribution in [0.25, 0.3) is 22.4 Å². The molecular weight excluding hydrogens is 411 g/mol. The molecule has 0 amide bonds. The number of halogens is 2. The first-order valence-electron chi connectivity index (χ1n) is 8.89. The van der Waals surface area contributed by atoms with Crippen molar-refractivity contribution in [2.75, 3.05) is 0 Å². The molecule has 0 atom stereocenters. The van der Waals surface area contributed by atoms with E-state index >= 15 is 0 Å². The molecule has 1 N–H and O–H groups in total. The van der Waals surface area contributed by atoms with E-state index in [2.05, 4.69) is 25.2 Å². The van der Waals surface area contributed by atoms with Gasteiger partial charge >= 0.3 is 0 Å². The topological polar surface area (TPSA) is 88.8 Å². The van der Waals surface area contributed by atoms with Crippen LogP contribution < -0.4 is 5.43 Å². The molecule has 0 bridgehead atoms. The molecule has 4 aromatic rings. The summed E-state index contributed by atoms with van der Waals surface area (Å²) in [5.74, 6) is 0.532. The molecule has 9 heteroatoms. The van der Waals surface area contributed by atoms with Crippen LogP contribution in [0.4, 0.5) is 5.95 Å². The molecule has 7 nitrogen and oxygen atoms in total. The summed E-state index contributed by atoms with van der Waals surface area (Å²) in [6.45, 7) is 4.55. The van der Waals surface area contributed by atoms with Crippen LogP contribution in [0, 0.1) is 6.92 Å². The molecule has 146 valence electrons. The van der Waals surface area contributed by atoms with Gasteiger partial charge in [0.15, 0.2) is 5.82 Å². The van der Waals surface area contributed by atoms with E-state index in [0.717, 1.165) is 5.69 Å². The standard InChI is InChI=1S/C20H16Cl2N6O/c1-3-28-10-15(17(29)14-7-4-11(2)24-19(14)28)18-25-20(27-26-18)23-9-12-5-6-13(21)8-16(12)22/h4-10H,3H2,1-2H3,(H,25,26,27)/b23-9+. The van der Waals surface area contributed by atoms with Gasteiger partial charge in [-0.2, -0.15) is 4.98 Å². The van der Waals surface area contributed by atoms with E-state index in [1.165, 1.54) is 0 Å². The lowest BCUT2D eigenvalue weighted by molar-refractivity contribution is 0.776. The van der Waals surface area contributed by atoms with Gasteiger partial charge in [-0.05, 0) is 38.1 Å². The van der Waals surface area contributed by atoms with Crippen molar-refractivity contribution in [2.24, 2.45) is 4.99 Å². The molecule has 0 aliphatic carbocycles. The summed E-state index contributed by atoms with van der Waals surface area (Å²) in [6, 6.07) is 8.70. The van der Waals surface area contributed by atoms with Crippen LogP contribution in [-0.2, 0) is 6.54 Å². The Morgan fingerprint density at radius 1 is 1.21 bits per heavy atom. The number of hydrogen-bond acceptors (Lipinski definition) is 5. The van der Waals surface area contributed by atoms with Gasteiger partial charge in [-0.25, -0.2) is 9.98 Å². The Hall–Kier alpha value is -3.03. The van der Waals surface area contributed by atoms with Gasteiger partial charge in [0.05, 0.1) is 16.0 Å². The monoisotopic (exact) mass is 426 g/mol. The molecule has 0 saturated carbocycles. The quantitative estimate of drug-likeness (QED) is 0.484. The van der Waals surface area contributed by atoms with Crippen LogP contribution in [0.2, 0.25) is 10.0 Å². The third-order valence-electron chi connectivity index (χ3n) is 4.41. The van der Waals surface area contributed by atoms with Gasteiger partial charge < -0.3 is 4.57 Å². The fraction of sp³-hybridized carbons (Fsp3) is 0.150. The molecule has 4 rings (SSSR count). The van der Waals surface area contributed by atoms with Crippen molar-refractivity contribution in [1.82, 2.24) is 24.7 Å². The highest BCUT2D eigenvalue weighted by Crippen LogP contribution is 2.21. The largest absolute Gasteiger partial charge is 0.332 e. The minimum atomic E-state index is -0.162. The summed E-state index contributed by atoms with van der Waals surface area (Å²) >= 11 is 12.0. The van der Waals surface area contributed by atoms with Gasteiger partial charge in [-0.15, -0.1) is 5.10 Å². The first-order chi connectivity index (χ1) is 14.0. The van der Waals surface area contributed by atoms with Gasteiger partial charge in [-0.1, -0.05) is 29.3 Å². The van der Waals surface area contributed by atoms with Crippen molar-refractivity contribution in [2.45, 2.75) is 20.4 Å². The van der Waals surface area contributed by atoms with E-state index in [4.69, 9.17) is 23.2 Å². The van der Waals surface area contributed by atoms with E-state index < -0.39 is 0 Å². The molecule has 0 spiro atoms. The molecule has 0 radical (unpaired) electrons. The molecule has 3 aromatic heterocycles.